The van der Waals surface area contributed by atoms with Gasteiger partial charge in [0.05, 0.1) is 12.7 Å². The summed E-state index contributed by atoms with van der Waals surface area (Å²) in [6.07, 6.45) is 0. The summed E-state index contributed by atoms with van der Waals surface area (Å²) < 4.78 is 10.1. The van der Waals surface area contributed by atoms with Crippen LogP contribution in [0.25, 0.3) is 11.0 Å². The van der Waals surface area contributed by atoms with E-state index in [0.29, 0.717) is 22.5 Å². The van der Waals surface area contributed by atoms with Crippen LogP contribution in [-0.4, -0.2) is 7.11 Å². The molecule has 4 heteroatoms. The molecule has 0 aliphatic carbocycles. The molecule has 0 amide bonds. The third kappa shape index (κ3) is 1.52. The molecule has 2 rings (SSSR count). The van der Waals surface area contributed by atoms with Crippen LogP contribution in [0.2, 0.25) is 0 Å². The maximum absolute atomic E-state index is 11.3. The topological polar surface area (TPSA) is 63.2 Å². The summed E-state index contributed by atoms with van der Waals surface area (Å²) in [5.74, 6) is 0.405. The van der Waals surface area contributed by atoms with E-state index in [1.807, 2.05) is 6.07 Å². The summed E-state index contributed by atoms with van der Waals surface area (Å²) in [6, 6.07) is 6.92. The third-order valence-corrected chi connectivity index (χ3v) is 2.35. The Bertz CT molecular complexity index is 650. The molecule has 1 aromatic carbocycles. The van der Waals surface area contributed by atoms with Crippen LogP contribution >= 0.6 is 0 Å². The van der Waals surface area contributed by atoms with Crippen molar-refractivity contribution in [2.45, 2.75) is 6.92 Å². The number of hydrogen-bond donors (Lipinski definition) is 0. The minimum absolute atomic E-state index is 0.376. The van der Waals surface area contributed by atoms with Crippen molar-refractivity contribution in [2.24, 2.45) is 0 Å². The highest BCUT2D eigenvalue weighted by Gasteiger charge is 2.08. The Balaban J connectivity index is 2.85. The number of methoxy groups -OCH3 is 1. The summed E-state index contributed by atoms with van der Waals surface area (Å²) >= 11 is 0. The number of nitrogens with zero attached hydrogens (tertiary/aromatic N) is 1. The largest absolute Gasteiger partial charge is 0.495 e. The van der Waals surface area contributed by atoms with Crippen molar-refractivity contribution in [3.63, 3.8) is 0 Å². The van der Waals surface area contributed by atoms with Crippen LogP contribution in [0.4, 0.5) is 0 Å². The predicted molar refractivity (Wildman–Crippen MR) is 58.5 cm³/mol. The van der Waals surface area contributed by atoms with Crippen molar-refractivity contribution in [3.8, 4) is 11.8 Å². The van der Waals surface area contributed by atoms with E-state index in [0.717, 1.165) is 5.39 Å². The van der Waals surface area contributed by atoms with Gasteiger partial charge in [-0.05, 0) is 19.1 Å². The molecule has 0 bridgehead atoms. The second-order valence-electron chi connectivity index (χ2n) is 3.42. The molecule has 0 unspecified atom stereocenters. The first-order chi connectivity index (χ1) is 7.65. The Kier molecular flexibility index (Phi) is 2.37. The second kappa shape index (κ2) is 3.70. The van der Waals surface area contributed by atoms with Crippen LogP contribution in [-0.2, 0) is 0 Å². The SMILES string of the molecule is COc1cc2oc(=O)c(C)cc2cc1C#N. The van der Waals surface area contributed by atoms with Gasteiger partial charge in [0.25, 0.3) is 0 Å². The highest BCUT2D eigenvalue weighted by atomic mass is 16.5. The molecular formula is C12H9NO3. The number of hydrogen-bond acceptors (Lipinski definition) is 4. The molecule has 0 radical (unpaired) electrons. The zero-order valence-corrected chi connectivity index (χ0v) is 8.90. The van der Waals surface area contributed by atoms with Crippen LogP contribution in [0.5, 0.6) is 5.75 Å². The molecule has 80 valence electrons. The van der Waals surface area contributed by atoms with E-state index in [-0.39, 0.29) is 5.63 Å². The van der Waals surface area contributed by atoms with Gasteiger partial charge >= 0.3 is 5.63 Å². The fourth-order valence-electron chi connectivity index (χ4n) is 1.51. The van der Waals surface area contributed by atoms with E-state index in [9.17, 15) is 4.79 Å². The number of nitriles is 1. The molecule has 0 N–H and O–H groups in total. The molecule has 0 saturated heterocycles. The predicted octanol–water partition coefficient (Wildman–Crippen LogP) is 1.98. The highest BCUT2D eigenvalue weighted by Crippen LogP contribution is 2.24. The third-order valence-electron chi connectivity index (χ3n) is 2.35. The van der Waals surface area contributed by atoms with Gasteiger partial charge < -0.3 is 9.15 Å². The molecule has 1 aromatic heterocycles. The van der Waals surface area contributed by atoms with Crippen molar-refractivity contribution >= 4 is 11.0 Å². The van der Waals surface area contributed by atoms with Gasteiger partial charge in [-0.3, -0.25) is 0 Å². The first kappa shape index (κ1) is 10.2. The van der Waals surface area contributed by atoms with Crippen LogP contribution in [0.3, 0.4) is 0 Å². The molecule has 0 aliphatic heterocycles. The fraction of sp³-hybridized carbons (Fsp3) is 0.167. The summed E-state index contributed by atoms with van der Waals surface area (Å²) in [4.78, 5) is 11.3. The molecule has 0 fully saturated rings. The van der Waals surface area contributed by atoms with Crippen LogP contribution < -0.4 is 10.4 Å². The van der Waals surface area contributed by atoms with E-state index < -0.39 is 0 Å². The number of ether oxygens (including phenoxy) is 1. The lowest BCUT2D eigenvalue weighted by Crippen LogP contribution is -2.02. The van der Waals surface area contributed by atoms with E-state index >= 15 is 0 Å². The average Bonchev–Trinajstić information content (AvgIpc) is 2.29. The van der Waals surface area contributed by atoms with Gasteiger partial charge in [0.2, 0.25) is 0 Å². The van der Waals surface area contributed by atoms with E-state index in [1.165, 1.54) is 7.11 Å². The number of aryl methyl sites for hydroxylation is 1. The lowest BCUT2D eigenvalue weighted by molar-refractivity contribution is 0.412. The monoisotopic (exact) mass is 215 g/mol. The highest BCUT2D eigenvalue weighted by molar-refractivity contribution is 5.81. The van der Waals surface area contributed by atoms with Crippen molar-refractivity contribution in [3.05, 3.63) is 39.7 Å². The first-order valence-corrected chi connectivity index (χ1v) is 4.68. The molecule has 0 aliphatic rings. The quantitative estimate of drug-likeness (QED) is 0.682. The minimum Gasteiger partial charge on any atom is -0.495 e. The van der Waals surface area contributed by atoms with Gasteiger partial charge in [-0.1, -0.05) is 0 Å². The molecule has 4 nitrogen and oxygen atoms in total. The van der Waals surface area contributed by atoms with Gasteiger partial charge in [-0.15, -0.1) is 0 Å². The standard InChI is InChI=1S/C12H9NO3/c1-7-3-8-4-9(6-13)10(15-2)5-11(8)16-12(7)14/h3-5H,1-2H3. The summed E-state index contributed by atoms with van der Waals surface area (Å²) in [6.45, 7) is 1.67. The Morgan fingerprint density at radius 2 is 2.12 bits per heavy atom. The van der Waals surface area contributed by atoms with Gasteiger partial charge in [0.15, 0.2) is 0 Å². The smallest absolute Gasteiger partial charge is 0.339 e. The summed E-state index contributed by atoms with van der Waals surface area (Å²) in [5, 5.41) is 9.63. The molecule has 0 atom stereocenters. The average molecular weight is 215 g/mol. The maximum Gasteiger partial charge on any atom is 0.339 e. The van der Waals surface area contributed by atoms with Crippen LogP contribution in [0.1, 0.15) is 11.1 Å². The summed E-state index contributed by atoms with van der Waals surface area (Å²) in [7, 11) is 1.47. The molecule has 1 heterocycles. The number of fused-ring (bicyclic) bond motifs is 1. The van der Waals surface area contributed by atoms with Gasteiger partial charge in [-0.2, -0.15) is 5.26 Å². The van der Waals surface area contributed by atoms with E-state index in [4.69, 9.17) is 14.4 Å². The molecule has 0 spiro atoms. The number of benzene rings is 1. The fourth-order valence-corrected chi connectivity index (χ4v) is 1.51. The van der Waals surface area contributed by atoms with E-state index in [2.05, 4.69) is 0 Å². The number of rotatable bonds is 1. The van der Waals surface area contributed by atoms with Gasteiger partial charge in [0, 0.05) is 17.0 Å². The Morgan fingerprint density at radius 3 is 2.75 bits per heavy atom. The normalized spacial score (nSPS) is 10.1. The van der Waals surface area contributed by atoms with Gasteiger partial charge in [-0.25, -0.2) is 4.79 Å². The Hall–Kier alpha value is -2.28. The summed E-state index contributed by atoms with van der Waals surface area (Å²) in [5.41, 5.74) is 0.982. The molecule has 0 saturated carbocycles. The lowest BCUT2D eigenvalue weighted by atomic mass is 10.1. The molecule has 2 aromatic rings. The minimum atomic E-state index is -0.376. The van der Waals surface area contributed by atoms with Gasteiger partial charge in [0.1, 0.15) is 17.4 Å². The zero-order chi connectivity index (χ0) is 11.7. The van der Waals surface area contributed by atoms with Crippen LogP contribution in [0.15, 0.2) is 27.4 Å². The zero-order valence-electron chi connectivity index (χ0n) is 8.90. The van der Waals surface area contributed by atoms with E-state index in [1.54, 1.807) is 25.1 Å². The van der Waals surface area contributed by atoms with Crippen molar-refractivity contribution in [1.29, 1.82) is 5.26 Å². The van der Waals surface area contributed by atoms with Crippen molar-refractivity contribution in [2.75, 3.05) is 7.11 Å². The van der Waals surface area contributed by atoms with Crippen LogP contribution in [0, 0.1) is 18.3 Å². The lowest BCUT2D eigenvalue weighted by Gasteiger charge is -2.04. The maximum atomic E-state index is 11.3. The van der Waals surface area contributed by atoms with Crippen molar-refractivity contribution in [1.82, 2.24) is 0 Å². The Labute approximate surface area is 91.7 Å². The molecular weight excluding hydrogens is 206 g/mol. The van der Waals surface area contributed by atoms with Crippen molar-refractivity contribution < 1.29 is 9.15 Å². The molecule has 16 heavy (non-hydrogen) atoms. The first-order valence-electron chi connectivity index (χ1n) is 4.68. The Morgan fingerprint density at radius 1 is 1.38 bits per heavy atom. The second-order valence-corrected chi connectivity index (χ2v) is 3.42.